The van der Waals surface area contributed by atoms with E-state index in [-0.39, 0.29) is 0 Å². The lowest BCUT2D eigenvalue weighted by Gasteiger charge is -2.39. The Morgan fingerprint density at radius 2 is 1.19 bits per heavy atom. The summed E-state index contributed by atoms with van der Waals surface area (Å²) < 4.78 is 0. The van der Waals surface area contributed by atoms with Crippen LogP contribution in [0.4, 0.5) is 0 Å². The first-order chi connectivity index (χ1) is 7.19. The highest BCUT2D eigenvalue weighted by atomic mass is 14.5. The van der Waals surface area contributed by atoms with Crippen molar-refractivity contribution in [1.82, 2.24) is 0 Å². The minimum Gasteiger partial charge on any atom is -0.0599 e. The van der Waals surface area contributed by atoms with E-state index in [9.17, 15) is 0 Å². The van der Waals surface area contributed by atoms with Crippen molar-refractivity contribution in [1.29, 1.82) is 0 Å². The maximum Gasteiger partial charge on any atom is -0.0334 e. The third-order valence-electron chi connectivity index (χ3n) is 5.37. The molecule has 16 heavy (non-hydrogen) atoms. The van der Waals surface area contributed by atoms with Gasteiger partial charge in [0.1, 0.15) is 0 Å². The first kappa shape index (κ1) is 12.5. The van der Waals surface area contributed by atoms with Crippen molar-refractivity contribution in [2.45, 2.75) is 67.2 Å². The van der Waals surface area contributed by atoms with Gasteiger partial charge in [-0.05, 0) is 60.2 Å². The van der Waals surface area contributed by atoms with Crippen LogP contribution in [0.3, 0.4) is 0 Å². The van der Waals surface area contributed by atoms with E-state index in [0.29, 0.717) is 10.8 Å². The molecule has 0 radical (unpaired) electrons. The minimum atomic E-state index is 0.530. The number of hydrogen-bond acceptors (Lipinski definition) is 0. The summed E-state index contributed by atoms with van der Waals surface area (Å²) in [5.41, 5.74) is 1.06. The van der Waals surface area contributed by atoms with E-state index in [1.165, 1.54) is 25.7 Å². The summed E-state index contributed by atoms with van der Waals surface area (Å²) in [5.74, 6) is 4.05. The molecule has 0 aliphatic heterocycles. The number of fused-ring (bicyclic) bond motifs is 2. The first-order valence-electron chi connectivity index (χ1n) is 7.19. The Balaban J connectivity index is 2.12. The number of rotatable bonds is 0. The van der Waals surface area contributed by atoms with Crippen molar-refractivity contribution < 1.29 is 0 Å². The lowest BCUT2D eigenvalue weighted by molar-refractivity contribution is 0.113. The zero-order chi connectivity index (χ0) is 12.1. The molecule has 0 aromatic heterocycles. The maximum absolute atomic E-state index is 2.45. The summed E-state index contributed by atoms with van der Waals surface area (Å²) in [6.07, 6.45) is 6.03. The van der Waals surface area contributed by atoms with Crippen molar-refractivity contribution in [3.05, 3.63) is 0 Å². The van der Waals surface area contributed by atoms with Crippen LogP contribution < -0.4 is 0 Å². The highest BCUT2D eigenvalue weighted by molar-refractivity contribution is 4.98. The molecule has 0 N–H and O–H groups in total. The largest absolute Gasteiger partial charge is 0.0599 e. The van der Waals surface area contributed by atoms with Gasteiger partial charge in [0.15, 0.2) is 0 Å². The lowest BCUT2D eigenvalue weighted by Crippen LogP contribution is -2.30. The predicted octanol–water partition coefficient (Wildman–Crippen LogP) is 5.13. The molecule has 0 saturated heterocycles. The second-order valence-electron chi connectivity index (χ2n) is 8.51. The maximum atomic E-state index is 2.45. The zero-order valence-electron chi connectivity index (χ0n) is 12.1. The normalized spacial score (nSPS) is 40.1. The molecule has 2 fully saturated rings. The van der Waals surface area contributed by atoms with Crippen LogP contribution in [-0.4, -0.2) is 0 Å². The predicted molar refractivity (Wildman–Crippen MR) is 71.3 cm³/mol. The molecule has 2 saturated carbocycles. The van der Waals surface area contributed by atoms with Crippen molar-refractivity contribution in [2.75, 3.05) is 0 Å². The van der Waals surface area contributed by atoms with Gasteiger partial charge < -0.3 is 0 Å². The van der Waals surface area contributed by atoms with E-state index in [1.54, 1.807) is 0 Å². The van der Waals surface area contributed by atoms with E-state index in [0.717, 1.165) is 23.7 Å². The Morgan fingerprint density at radius 3 is 1.69 bits per heavy atom. The Hall–Kier alpha value is 0. The van der Waals surface area contributed by atoms with Crippen LogP contribution in [0.5, 0.6) is 0 Å². The fourth-order valence-corrected chi connectivity index (χ4v) is 4.65. The molecule has 0 aromatic carbocycles. The molecular formula is C16H30. The van der Waals surface area contributed by atoms with E-state index in [2.05, 4.69) is 41.5 Å². The highest BCUT2D eigenvalue weighted by Gasteiger charge is 2.48. The van der Waals surface area contributed by atoms with Crippen LogP contribution >= 0.6 is 0 Å². The van der Waals surface area contributed by atoms with Crippen molar-refractivity contribution in [3.63, 3.8) is 0 Å². The highest BCUT2D eigenvalue weighted by Crippen LogP contribution is 2.57. The Labute approximate surface area is 102 Å². The summed E-state index contributed by atoms with van der Waals surface area (Å²) in [6.45, 7) is 14.7. The summed E-state index contributed by atoms with van der Waals surface area (Å²) >= 11 is 0. The van der Waals surface area contributed by atoms with Gasteiger partial charge in [0.05, 0.1) is 0 Å². The molecule has 2 aliphatic carbocycles. The van der Waals surface area contributed by atoms with Crippen LogP contribution in [0.1, 0.15) is 67.2 Å². The molecule has 2 aliphatic rings. The molecule has 0 spiro atoms. The zero-order valence-corrected chi connectivity index (χ0v) is 12.1. The van der Waals surface area contributed by atoms with Crippen LogP contribution in [0.25, 0.3) is 0 Å². The molecular weight excluding hydrogens is 192 g/mol. The Morgan fingerprint density at radius 1 is 0.625 bits per heavy atom. The van der Waals surface area contributed by atoms with Gasteiger partial charge in [0, 0.05) is 0 Å². The van der Waals surface area contributed by atoms with Crippen molar-refractivity contribution in [2.24, 2.45) is 34.5 Å². The van der Waals surface area contributed by atoms with Gasteiger partial charge in [-0.1, -0.05) is 41.5 Å². The van der Waals surface area contributed by atoms with Gasteiger partial charge >= 0.3 is 0 Å². The van der Waals surface area contributed by atoms with Gasteiger partial charge in [-0.3, -0.25) is 0 Å². The van der Waals surface area contributed by atoms with E-state index < -0.39 is 0 Å². The smallest absolute Gasteiger partial charge is 0.0334 e. The summed E-state index contributed by atoms with van der Waals surface area (Å²) in [5, 5.41) is 0. The second-order valence-corrected chi connectivity index (χ2v) is 8.51. The third kappa shape index (κ3) is 2.17. The fourth-order valence-electron chi connectivity index (χ4n) is 4.65. The van der Waals surface area contributed by atoms with Crippen molar-refractivity contribution >= 4 is 0 Å². The molecule has 2 bridgehead atoms. The van der Waals surface area contributed by atoms with Crippen LogP contribution in [-0.2, 0) is 0 Å². The van der Waals surface area contributed by atoms with E-state index in [1.807, 2.05) is 0 Å². The molecule has 4 unspecified atom stereocenters. The summed E-state index contributed by atoms with van der Waals surface area (Å²) in [6, 6.07) is 0. The first-order valence-corrected chi connectivity index (χ1v) is 7.19. The summed E-state index contributed by atoms with van der Waals surface area (Å²) in [7, 11) is 0. The van der Waals surface area contributed by atoms with Gasteiger partial charge in [-0.15, -0.1) is 0 Å². The molecule has 0 amide bonds. The SMILES string of the molecule is CC(C)(C)C1CCC2CC1CC2C(C)(C)C. The molecule has 0 nitrogen and oxygen atoms in total. The van der Waals surface area contributed by atoms with E-state index >= 15 is 0 Å². The molecule has 2 rings (SSSR count). The molecule has 94 valence electrons. The monoisotopic (exact) mass is 222 g/mol. The third-order valence-corrected chi connectivity index (χ3v) is 5.37. The number of hydrogen-bond donors (Lipinski definition) is 0. The molecule has 0 heteroatoms. The second kappa shape index (κ2) is 3.75. The molecule has 4 atom stereocenters. The minimum absolute atomic E-state index is 0.530. The van der Waals surface area contributed by atoms with Crippen LogP contribution in [0.15, 0.2) is 0 Å². The average Bonchev–Trinajstić information content (AvgIpc) is 2.40. The van der Waals surface area contributed by atoms with Gasteiger partial charge in [0.25, 0.3) is 0 Å². The van der Waals surface area contributed by atoms with E-state index in [4.69, 9.17) is 0 Å². The summed E-state index contributed by atoms with van der Waals surface area (Å²) in [4.78, 5) is 0. The quantitative estimate of drug-likeness (QED) is 0.533. The van der Waals surface area contributed by atoms with Crippen LogP contribution in [0.2, 0.25) is 0 Å². The molecule has 0 aromatic rings. The topological polar surface area (TPSA) is 0 Å². The molecule has 0 heterocycles. The standard InChI is InChI=1S/C16H30/c1-15(2,3)13-8-7-11-9-12(13)10-14(11)16(4,5)6/h11-14H,7-10H2,1-6H3. The van der Waals surface area contributed by atoms with Gasteiger partial charge in [-0.2, -0.15) is 0 Å². The van der Waals surface area contributed by atoms with Crippen LogP contribution in [0, 0.1) is 34.5 Å². The van der Waals surface area contributed by atoms with Crippen molar-refractivity contribution in [3.8, 4) is 0 Å². The van der Waals surface area contributed by atoms with Gasteiger partial charge in [0.2, 0.25) is 0 Å². The fraction of sp³-hybridized carbons (Fsp3) is 1.00. The van der Waals surface area contributed by atoms with Gasteiger partial charge in [-0.25, -0.2) is 0 Å². The average molecular weight is 222 g/mol. The Kier molecular flexibility index (Phi) is 2.92. The lowest BCUT2D eigenvalue weighted by atomic mass is 9.67. The Bertz CT molecular complexity index is 238.